The third-order valence-corrected chi connectivity index (χ3v) is 3.15. The largest absolute Gasteiger partial charge is 0.397 e. The SMILES string of the molecule is Cc1ccc(N)c(NC(=O)NC2CCCC2)c1. The quantitative estimate of drug-likeness (QED) is 0.687. The average Bonchev–Trinajstić information content (AvgIpc) is 2.76. The number of amides is 2. The van der Waals surface area contributed by atoms with E-state index in [0.29, 0.717) is 17.4 Å². The molecule has 1 aliphatic carbocycles. The Kier molecular flexibility index (Phi) is 3.52. The molecule has 4 nitrogen and oxygen atoms in total. The zero-order chi connectivity index (χ0) is 12.3. The van der Waals surface area contributed by atoms with E-state index in [0.717, 1.165) is 18.4 Å². The van der Waals surface area contributed by atoms with Gasteiger partial charge in [-0.05, 0) is 37.5 Å². The minimum atomic E-state index is -0.158. The van der Waals surface area contributed by atoms with Crippen LogP contribution in [0.2, 0.25) is 0 Å². The minimum absolute atomic E-state index is 0.158. The summed E-state index contributed by atoms with van der Waals surface area (Å²) in [5, 5.41) is 5.77. The van der Waals surface area contributed by atoms with Crippen LogP contribution in [0.1, 0.15) is 31.2 Å². The number of hydrogen-bond acceptors (Lipinski definition) is 2. The Hall–Kier alpha value is -1.71. The molecule has 0 aliphatic heterocycles. The number of urea groups is 1. The van der Waals surface area contributed by atoms with Crippen LogP contribution in [0.5, 0.6) is 0 Å². The molecule has 0 heterocycles. The van der Waals surface area contributed by atoms with Crippen molar-refractivity contribution in [1.82, 2.24) is 5.32 Å². The smallest absolute Gasteiger partial charge is 0.319 e. The molecular formula is C13H19N3O. The molecule has 2 amide bonds. The summed E-state index contributed by atoms with van der Waals surface area (Å²) in [6, 6.07) is 5.77. The van der Waals surface area contributed by atoms with Gasteiger partial charge in [0.2, 0.25) is 0 Å². The van der Waals surface area contributed by atoms with Crippen LogP contribution in [-0.2, 0) is 0 Å². The lowest BCUT2D eigenvalue weighted by molar-refractivity contribution is 0.248. The lowest BCUT2D eigenvalue weighted by Gasteiger charge is -2.14. The molecule has 4 N–H and O–H groups in total. The van der Waals surface area contributed by atoms with Crippen molar-refractivity contribution in [3.05, 3.63) is 23.8 Å². The zero-order valence-corrected chi connectivity index (χ0v) is 10.1. The highest BCUT2D eigenvalue weighted by Crippen LogP contribution is 2.20. The highest BCUT2D eigenvalue weighted by atomic mass is 16.2. The van der Waals surface area contributed by atoms with Gasteiger partial charge in [-0.1, -0.05) is 18.9 Å². The maximum atomic E-state index is 11.8. The Morgan fingerprint density at radius 2 is 2.06 bits per heavy atom. The fourth-order valence-electron chi connectivity index (χ4n) is 2.19. The second kappa shape index (κ2) is 5.08. The van der Waals surface area contributed by atoms with Crippen LogP contribution < -0.4 is 16.4 Å². The highest BCUT2D eigenvalue weighted by molar-refractivity contribution is 5.92. The van der Waals surface area contributed by atoms with E-state index in [1.807, 2.05) is 19.1 Å². The van der Waals surface area contributed by atoms with Gasteiger partial charge in [-0.15, -0.1) is 0 Å². The molecule has 0 unspecified atom stereocenters. The van der Waals surface area contributed by atoms with Gasteiger partial charge in [-0.25, -0.2) is 4.79 Å². The van der Waals surface area contributed by atoms with Crippen LogP contribution in [0, 0.1) is 6.92 Å². The van der Waals surface area contributed by atoms with Gasteiger partial charge < -0.3 is 16.4 Å². The molecule has 4 heteroatoms. The summed E-state index contributed by atoms with van der Waals surface area (Å²) in [7, 11) is 0. The van der Waals surface area contributed by atoms with Crippen LogP contribution in [0.3, 0.4) is 0 Å². The van der Waals surface area contributed by atoms with E-state index in [1.165, 1.54) is 12.8 Å². The molecule has 0 bridgehead atoms. The second-order valence-electron chi connectivity index (χ2n) is 4.67. The average molecular weight is 233 g/mol. The molecule has 2 rings (SSSR count). The summed E-state index contributed by atoms with van der Waals surface area (Å²) in [4.78, 5) is 11.8. The van der Waals surface area contributed by atoms with Gasteiger partial charge in [0.15, 0.2) is 0 Å². The first-order valence-electron chi connectivity index (χ1n) is 6.09. The van der Waals surface area contributed by atoms with Crippen LogP contribution in [0.4, 0.5) is 16.2 Å². The van der Waals surface area contributed by atoms with Crippen molar-refractivity contribution >= 4 is 17.4 Å². The number of benzene rings is 1. The van der Waals surface area contributed by atoms with E-state index >= 15 is 0 Å². The lowest BCUT2D eigenvalue weighted by Crippen LogP contribution is -2.36. The predicted molar refractivity (Wildman–Crippen MR) is 70.0 cm³/mol. The van der Waals surface area contributed by atoms with Crippen LogP contribution in [-0.4, -0.2) is 12.1 Å². The molecule has 17 heavy (non-hydrogen) atoms. The van der Waals surface area contributed by atoms with Crippen LogP contribution in [0.25, 0.3) is 0 Å². The maximum Gasteiger partial charge on any atom is 0.319 e. The minimum Gasteiger partial charge on any atom is -0.397 e. The fourth-order valence-corrected chi connectivity index (χ4v) is 2.19. The first kappa shape index (κ1) is 11.8. The number of carbonyl (C=O) groups excluding carboxylic acids is 1. The molecule has 0 radical (unpaired) electrons. The van der Waals surface area contributed by atoms with Gasteiger partial charge >= 0.3 is 6.03 Å². The first-order chi connectivity index (χ1) is 8.15. The number of rotatable bonds is 2. The molecule has 0 spiro atoms. The molecular weight excluding hydrogens is 214 g/mol. The number of carbonyl (C=O) groups is 1. The molecule has 1 saturated carbocycles. The number of nitrogens with one attached hydrogen (secondary N) is 2. The standard InChI is InChI=1S/C13H19N3O/c1-9-6-7-11(14)12(8-9)16-13(17)15-10-4-2-3-5-10/h6-8,10H,2-5,14H2,1H3,(H2,15,16,17). The highest BCUT2D eigenvalue weighted by Gasteiger charge is 2.17. The monoisotopic (exact) mass is 233 g/mol. The summed E-state index contributed by atoms with van der Waals surface area (Å²) in [5.41, 5.74) is 8.16. The Labute approximate surface area is 102 Å². The molecule has 0 saturated heterocycles. The van der Waals surface area contributed by atoms with Crippen molar-refractivity contribution in [1.29, 1.82) is 0 Å². The third-order valence-electron chi connectivity index (χ3n) is 3.15. The van der Waals surface area contributed by atoms with Gasteiger partial charge in [-0.3, -0.25) is 0 Å². The van der Waals surface area contributed by atoms with Crippen molar-refractivity contribution in [3.8, 4) is 0 Å². The number of nitrogen functional groups attached to an aromatic ring is 1. The number of nitrogens with two attached hydrogens (primary N) is 1. The summed E-state index contributed by atoms with van der Waals surface area (Å²) < 4.78 is 0. The van der Waals surface area contributed by atoms with Gasteiger partial charge in [0, 0.05) is 6.04 Å². The summed E-state index contributed by atoms with van der Waals surface area (Å²) in [6.07, 6.45) is 4.57. The van der Waals surface area contributed by atoms with E-state index in [1.54, 1.807) is 6.07 Å². The van der Waals surface area contributed by atoms with Crippen molar-refractivity contribution in [2.45, 2.75) is 38.6 Å². The maximum absolute atomic E-state index is 11.8. The van der Waals surface area contributed by atoms with Gasteiger partial charge in [-0.2, -0.15) is 0 Å². The molecule has 0 atom stereocenters. The molecule has 1 aromatic rings. The topological polar surface area (TPSA) is 67.1 Å². The normalized spacial score (nSPS) is 15.8. The van der Waals surface area contributed by atoms with E-state index in [2.05, 4.69) is 10.6 Å². The van der Waals surface area contributed by atoms with E-state index < -0.39 is 0 Å². The summed E-state index contributed by atoms with van der Waals surface area (Å²) in [5.74, 6) is 0. The van der Waals surface area contributed by atoms with Crippen molar-refractivity contribution in [3.63, 3.8) is 0 Å². The van der Waals surface area contributed by atoms with E-state index in [-0.39, 0.29) is 6.03 Å². The van der Waals surface area contributed by atoms with Gasteiger partial charge in [0.25, 0.3) is 0 Å². The van der Waals surface area contributed by atoms with Crippen molar-refractivity contribution in [2.24, 2.45) is 0 Å². The summed E-state index contributed by atoms with van der Waals surface area (Å²) in [6.45, 7) is 1.97. The fraction of sp³-hybridized carbons (Fsp3) is 0.462. The number of hydrogen-bond donors (Lipinski definition) is 3. The van der Waals surface area contributed by atoms with Crippen molar-refractivity contribution < 1.29 is 4.79 Å². The molecule has 92 valence electrons. The van der Waals surface area contributed by atoms with E-state index in [9.17, 15) is 4.79 Å². The van der Waals surface area contributed by atoms with Gasteiger partial charge in [0.1, 0.15) is 0 Å². The number of anilines is 2. The van der Waals surface area contributed by atoms with Crippen molar-refractivity contribution in [2.75, 3.05) is 11.1 Å². The molecule has 1 aromatic carbocycles. The first-order valence-corrected chi connectivity index (χ1v) is 6.09. The van der Waals surface area contributed by atoms with Gasteiger partial charge in [0.05, 0.1) is 11.4 Å². The molecule has 0 aromatic heterocycles. The Bertz CT molecular complexity index is 411. The van der Waals surface area contributed by atoms with E-state index in [4.69, 9.17) is 5.73 Å². The Morgan fingerprint density at radius 1 is 1.35 bits per heavy atom. The molecule has 1 aliphatic rings. The summed E-state index contributed by atoms with van der Waals surface area (Å²) >= 11 is 0. The Morgan fingerprint density at radius 3 is 2.76 bits per heavy atom. The Balaban J connectivity index is 1.95. The third kappa shape index (κ3) is 3.12. The zero-order valence-electron chi connectivity index (χ0n) is 10.1. The number of aryl methyl sites for hydroxylation is 1. The van der Waals surface area contributed by atoms with Crippen LogP contribution >= 0.6 is 0 Å². The molecule has 1 fully saturated rings. The lowest BCUT2D eigenvalue weighted by atomic mass is 10.2. The second-order valence-corrected chi connectivity index (χ2v) is 4.67. The van der Waals surface area contributed by atoms with Crippen LogP contribution in [0.15, 0.2) is 18.2 Å². The predicted octanol–water partition coefficient (Wildman–Crippen LogP) is 2.64.